The van der Waals surface area contributed by atoms with Crippen LogP contribution >= 0.6 is 27.5 Å². The lowest BCUT2D eigenvalue weighted by Crippen LogP contribution is -2.24. The molecule has 0 aliphatic carbocycles. The molecule has 1 aliphatic heterocycles. The van der Waals surface area contributed by atoms with Crippen LogP contribution in [0.25, 0.3) is 0 Å². The number of rotatable bonds is 6. The molecule has 1 amide bonds. The van der Waals surface area contributed by atoms with E-state index in [2.05, 4.69) is 35.9 Å². The molecule has 1 aromatic heterocycles. The van der Waals surface area contributed by atoms with Gasteiger partial charge < -0.3 is 19.7 Å². The summed E-state index contributed by atoms with van der Waals surface area (Å²) in [6.07, 6.45) is 2.57. The van der Waals surface area contributed by atoms with Crippen LogP contribution in [0.2, 0.25) is 0 Å². The lowest BCUT2D eigenvalue weighted by Gasteiger charge is -2.19. The maximum absolute atomic E-state index is 12.6. The number of hydrogen-bond acceptors (Lipinski definition) is 5. The first-order valence-corrected chi connectivity index (χ1v) is 9.52. The van der Waals surface area contributed by atoms with Crippen molar-refractivity contribution in [2.75, 3.05) is 30.4 Å². The summed E-state index contributed by atoms with van der Waals surface area (Å²) >= 11 is 8.18. The molecule has 1 aromatic carbocycles. The summed E-state index contributed by atoms with van der Waals surface area (Å²) in [5, 5.41) is 2.67. The zero-order valence-corrected chi connectivity index (χ0v) is 17.1. The number of halogens is 4. The number of carbonyl (C=O) groups is 1. The van der Waals surface area contributed by atoms with Crippen LogP contribution in [0, 0.1) is 0 Å². The van der Waals surface area contributed by atoms with Gasteiger partial charge in [0.05, 0.1) is 16.1 Å². The number of aromatic nitrogens is 1. The summed E-state index contributed by atoms with van der Waals surface area (Å²) < 4.78 is 35.5. The second-order valence-electron chi connectivity index (χ2n) is 6.15. The highest BCUT2D eigenvalue weighted by Crippen LogP contribution is 2.29. The van der Waals surface area contributed by atoms with E-state index in [-0.39, 0.29) is 17.8 Å². The van der Waals surface area contributed by atoms with Crippen LogP contribution in [0.4, 0.5) is 20.3 Å². The van der Waals surface area contributed by atoms with Crippen molar-refractivity contribution in [2.45, 2.75) is 18.1 Å². The quantitative estimate of drug-likeness (QED) is 0.623. The predicted molar refractivity (Wildman–Crippen MR) is 105 cm³/mol. The first kappa shape index (κ1) is 20.8. The Morgan fingerprint density at radius 1 is 1.39 bits per heavy atom. The third-order valence-corrected chi connectivity index (χ3v) is 4.87. The van der Waals surface area contributed by atoms with E-state index in [0.29, 0.717) is 15.7 Å². The van der Waals surface area contributed by atoms with Gasteiger partial charge in [-0.25, -0.2) is 4.98 Å². The highest BCUT2D eigenvalue weighted by molar-refractivity contribution is 9.10. The molecule has 1 aliphatic rings. The zero-order valence-electron chi connectivity index (χ0n) is 14.8. The Kier molecular flexibility index (Phi) is 6.36. The molecular formula is C18H17BrClF2N3O3. The summed E-state index contributed by atoms with van der Waals surface area (Å²) in [7, 11) is 1.68. The number of nitrogens with zero attached hydrogens (tertiary/aromatic N) is 2. The monoisotopic (exact) mass is 475 g/mol. The number of ether oxygens (including phenoxy) is 2. The van der Waals surface area contributed by atoms with E-state index in [1.165, 1.54) is 30.5 Å². The molecule has 0 radical (unpaired) electrons. The van der Waals surface area contributed by atoms with Crippen LogP contribution < -0.4 is 15.0 Å². The Morgan fingerprint density at radius 3 is 2.68 bits per heavy atom. The minimum atomic E-state index is -3.79. The Hall–Kier alpha value is -1.97. The number of alkyl halides is 3. The van der Waals surface area contributed by atoms with Gasteiger partial charge in [-0.3, -0.25) is 4.79 Å². The molecule has 0 saturated carbocycles. The average molecular weight is 477 g/mol. The molecule has 10 heteroatoms. The Morgan fingerprint density at radius 2 is 2.11 bits per heavy atom. The van der Waals surface area contributed by atoms with Crippen LogP contribution in [-0.2, 0) is 4.74 Å². The fourth-order valence-electron chi connectivity index (χ4n) is 2.84. The summed E-state index contributed by atoms with van der Waals surface area (Å²) in [4.78, 5) is 18.9. The number of hydrogen-bond donors (Lipinski definition) is 1. The zero-order chi connectivity index (χ0) is 20.3. The maximum Gasteiger partial charge on any atom is 0.487 e. The molecule has 1 N–H and O–H groups in total. The predicted octanol–water partition coefficient (Wildman–Crippen LogP) is 4.49. The molecule has 1 fully saturated rings. The molecule has 3 rings (SSSR count). The lowest BCUT2D eigenvalue weighted by atomic mass is 10.2. The van der Waals surface area contributed by atoms with Gasteiger partial charge in [0, 0.05) is 43.7 Å². The van der Waals surface area contributed by atoms with Gasteiger partial charge >= 0.3 is 5.57 Å². The Balaban J connectivity index is 1.65. The third kappa shape index (κ3) is 5.30. The molecule has 150 valence electrons. The van der Waals surface area contributed by atoms with Gasteiger partial charge in [0.1, 0.15) is 11.6 Å². The van der Waals surface area contributed by atoms with Crippen molar-refractivity contribution in [3.05, 3.63) is 46.6 Å². The van der Waals surface area contributed by atoms with E-state index >= 15 is 0 Å². The molecule has 2 heterocycles. The first-order chi connectivity index (χ1) is 13.2. The molecule has 0 spiro atoms. The number of benzene rings is 1. The van der Waals surface area contributed by atoms with E-state index < -0.39 is 5.57 Å². The van der Waals surface area contributed by atoms with Crippen molar-refractivity contribution < 1.29 is 23.0 Å². The van der Waals surface area contributed by atoms with E-state index in [0.717, 1.165) is 25.3 Å². The molecule has 1 atom stereocenters. The smallest absolute Gasteiger partial charge is 0.420 e. The Bertz CT molecular complexity index is 849. The lowest BCUT2D eigenvalue weighted by molar-refractivity contribution is -0.0964. The topological polar surface area (TPSA) is 63.7 Å². The van der Waals surface area contributed by atoms with E-state index in [4.69, 9.17) is 16.3 Å². The van der Waals surface area contributed by atoms with Gasteiger partial charge in [-0.1, -0.05) is 0 Å². The van der Waals surface area contributed by atoms with E-state index in [1.54, 1.807) is 13.2 Å². The number of nitrogens with one attached hydrogen (secondary N) is 1. The number of amides is 1. The average Bonchev–Trinajstić information content (AvgIpc) is 3.11. The van der Waals surface area contributed by atoms with Gasteiger partial charge in [0.2, 0.25) is 0 Å². The van der Waals surface area contributed by atoms with Gasteiger partial charge in [-0.2, -0.15) is 0 Å². The van der Waals surface area contributed by atoms with Gasteiger partial charge in [-0.15, -0.1) is 8.78 Å². The molecule has 6 nitrogen and oxygen atoms in total. The second kappa shape index (κ2) is 8.59. The highest BCUT2D eigenvalue weighted by atomic mass is 79.9. The minimum Gasteiger partial charge on any atom is -0.420 e. The normalized spacial score (nSPS) is 16.9. The van der Waals surface area contributed by atoms with Crippen LogP contribution in [0.1, 0.15) is 16.8 Å². The Labute approximate surface area is 173 Å². The summed E-state index contributed by atoms with van der Waals surface area (Å²) in [6.45, 7) is 1.56. The van der Waals surface area contributed by atoms with Crippen molar-refractivity contribution in [3.8, 4) is 5.75 Å². The van der Waals surface area contributed by atoms with Crippen LogP contribution in [-0.4, -0.2) is 42.8 Å². The van der Waals surface area contributed by atoms with Gasteiger partial charge in [0.15, 0.2) is 0 Å². The SMILES string of the molecule is CO[C@H]1CCN(c2ncc(C(=O)Nc3ccc(OC(F)(F)Cl)cc3)cc2Br)C1. The molecule has 28 heavy (non-hydrogen) atoms. The summed E-state index contributed by atoms with van der Waals surface area (Å²) in [5.41, 5.74) is -3.02. The van der Waals surface area contributed by atoms with Crippen molar-refractivity contribution in [1.29, 1.82) is 0 Å². The maximum atomic E-state index is 12.6. The first-order valence-electron chi connectivity index (χ1n) is 8.35. The highest BCUT2D eigenvalue weighted by Gasteiger charge is 2.27. The fraction of sp³-hybridized carbons (Fsp3) is 0.333. The number of pyridine rings is 1. The van der Waals surface area contributed by atoms with Crippen LogP contribution in [0.5, 0.6) is 5.75 Å². The van der Waals surface area contributed by atoms with Crippen molar-refractivity contribution >= 4 is 44.9 Å². The van der Waals surface area contributed by atoms with Crippen LogP contribution in [0.3, 0.4) is 0 Å². The van der Waals surface area contributed by atoms with E-state index in [9.17, 15) is 13.6 Å². The van der Waals surface area contributed by atoms with E-state index in [1.807, 2.05) is 0 Å². The van der Waals surface area contributed by atoms with Gasteiger partial charge in [0.25, 0.3) is 5.91 Å². The standard InChI is InChI=1S/C18H17BrClF2N3O3/c1-27-14-6-7-25(10-14)16-15(19)8-11(9-23-16)17(26)24-12-2-4-13(5-3-12)28-18(20,21)22/h2-5,8-9,14H,6-7,10H2,1H3,(H,24,26)/t14-/m0/s1. The molecule has 1 saturated heterocycles. The fourth-order valence-corrected chi connectivity index (χ4v) is 3.53. The summed E-state index contributed by atoms with van der Waals surface area (Å²) in [5.74, 6) is 0.249. The van der Waals surface area contributed by atoms with Crippen molar-refractivity contribution in [3.63, 3.8) is 0 Å². The molecule has 0 bridgehead atoms. The third-order valence-electron chi connectivity index (χ3n) is 4.21. The van der Waals surface area contributed by atoms with Crippen molar-refractivity contribution in [2.24, 2.45) is 0 Å². The summed E-state index contributed by atoms with van der Waals surface area (Å²) in [6, 6.07) is 7.11. The second-order valence-corrected chi connectivity index (χ2v) is 7.44. The van der Waals surface area contributed by atoms with Crippen LogP contribution in [0.15, 0.2) is 41.0 Å². The molecule has 2 aromatic rings. The largest absolute Gasteiger partial charge is 0.487 e. The number of methoxy groups -OCH3 is 1. The number of anilines is 2. The molecular weight excluding hydrogens is 460 g/mol. The number of carbonyl (C=O) groups excluding carboxylic acids is 1. The van der Waals surface area contributed by atoms with Gasteiger partial charge in [-0.05, 0) is 52.7 Å². The minimum absolute atomic E-state index is 0.119. The molecule has 0 unspecified atom stereocenters. The van der Waals surface area contributed by atoms with Crippen molar-refractivity contribution in [1.82, 2.24) is 4.98 Å².